The van der Waals surface area contributed by atoms with Crippen LogP contribution in [0.2, 0.25) is 0 Å². The van der Waals surface area contributed by atoms with Crippen molar-refractivity contribution < 1.29 is 5.21 Å². The first-order valence-corrected chi connectivity index (χ1v) is 4.38. The van der Waals surface area contributed by atoms with Crippen molar-refractivity contribution in [2.45, 2.75) is 6.04 Å². The maximum absolute atomic E-state index is 9.05. The summed E-state index contributed by atoms with van der Waals surface area (Å²) < 4.78 is 0.939. The molecule has 4 nitrogen and oxygen atoms in total. The van der Waals surface area contributed by atoms with Crippen LogP contribution in [-0.4, -0.2) is 29.2 Å². The molecule has 2 rings (SSSR count). The van der Waals surface area contributed by atoms with E-state index < -0.39 is 0 Å². The van der Waals surface area contributed by atoms with Crippen LogP contribution in [-0.2, 0) is 0 Å². The van der Waals surface area contributed by atoms with Gasteiger partial charge in [0.25, 0.3) is 0 Å². The lowest BCUT2D eigenvalue weighted by Gasteiger charge is -2.27. The number of fused-ring (bicyclic) bond motifs is 1. The normalized spacial score (nSPS) is 27.2. The average molecular weight is 230 g/mol. The Hall–Kier alpha value is -0.810. The molecule has 64 valence electrons. The third-order valence-electron chi connectivity index (χ3n) is 1.81. The average Bonchev–Trinajstić information content (AvgIpc) is 2.05. The molecule has 2 N–H and O–H groups in total. The molecule has 0 aromatic heterocycles. The summed E-state index contributed by atoms with van der Waals surface area (Å²) in [5.74, 6) is 0. The van der Waals surface area contributed by atoms with E-state index in [9.17, 15) is 0 Å². The largest absolute Gasteiger partial charge is 0.368 e. The molecule has 0 fully saturated rings. The summed E-state index contributed by atoms with van der Waals surface area (Å²) in [4.78, 5) is 0. The van der Waals surface area contributed by atoms with Crippen molar-refractivity contribution in [2.75, 3.05) is 6.54 Å². The summed E-state index contributed by atoms with van der Waals surface area (Å²) in [7, 11) is 0. The summed E-state index contributed by atoms with van der Waals surface area (Å²) in [6.45, 7) is 0.463. The van der Waals surface area contributed by atoms with E-state index in [0.29, 0.717) is 6.54 Å². The molecular weight excluding hydrogens is 222 g/mol. The Balaban J connectivity index is 2.25. The van der Waals surface area contributed by atoms with Crippen molar-refractivity contribution in [3.05, 3.63) is 22.3 Å². The van der Waals surface area contributed by atoms with Gasteiger partial charge in [-0.05, 0) is 27.6 Å². The topological polar surface area (TPSA) is 47.9 Å². The number of nitrogens with one attached hydrogen (secondary N) is 1. The highest BCUT2D eigenvalue weighted by Gasteiger charge is 2.20. The molecule has 5 heteroatoms. The van der Waals surface area contributed by atoms with E-state index in [-0.39, 0.29) is 6.04 Å². The van der Waals surface area contributed by atoms with Crippen molar-refractivity contribution in [1.82, 2.24) is 10.5 Å². The highest BCUT2D eigenvalue weighted by molar-refractivity contribution is 9.11. The van der Waals surface area contributed by atoms with Crippen LogP contribution in [0.4, 0.5) is 0 Å². The van der Waals surface area contributed by atoms with Crippen LogP contribution in [0.15, 0.2) is 27.4 Å². The van der Waals surface area contributed by atoms with Gasteiger partial charge in [0.2, 0.25) is 0 Å². The van der Waals surface area contributed by atoms with Crippen molar-refractivity contribution in [3.8, 4) is 0 Å². The lowest BCUT2D eigenvalue weighted by atomic mass is 10.1. The first kappa shape index (κ1) is 7.82. The molecule has 0 saturated carbocycles. The molecule has 0 saturated heterocycles. The van der Waals surface area contributed by atoms with Crippen LogP contribution in [0.5, 0.6) is 0 Å². The van der Waals surface area contributed by atoms with Gasteiger partial charge in [0.15, 0.2) is 0 Å². The Morgan fingerprint density at radius 2 is 2.50 bits per heavy atom. The lowest BCUT2D eigenvalue weighted by molar-refractivity contribution is -0.0840. The molecule has 1 atom stereocenters. The fourth-order valence-electron chi connectivity index (χ4n) is 1.21. The number of halogens is 1. The minimum absolute atomic E-state index is 0.118. The summed E-state index contributed by atoms with van der Waals surface area (Å²) in [6.07, 6.45) is 5.56. The van der Waals surface area contributed by atoms with E-state index in [1.54, 1.807) is 6.21 Å². The predicted molar refractivity (Wildman–Crippen MR) is 49.0 cm³/mol. The van der Waals surface area contributed by atoms with E-state index in [2.05, 4.69) is 26.3 Å². The quantitative estimate of drug-likeness (QED) is 0.605. The fourth-order valence-corrected chi connectivity index (χ4v) is 1.58. The molecule has 2 heterocycles. The number of dihydropyridines is 1. The Labute approximate surface area is 78.3 Å². The van der Waals surface area contributed by atoms with Gasteiger partial charge >= 0.3 is 0 Å². The summed E-state index contributed by atoms with van der Waals surface area (Å²) in [5.41, 5.74) is 1.11. The first-order chi connectivity index (χ1) is 5.75. The molecule has 0 radical (unpaired) electrons. The molecule has 0 aromatic rings. The van der Waals surface area contributed by atoms with Gasteiger partial charge in [-0.2, -0.15) is 10.3 Å². The van der Waals surface area contributed by atoms with Crippen molar-refractivity contribution in [1.29, 1.82) is 0 Å². The standard InChI is InChI=1S/C7H8BrN3O/c8-7-2-1-5-4-11(12)9-3-6(5)10-7/h1-3,6,10,12H,4H2. The molecule has 0 aliphatic carbocycles. The summed E-state index contributed by atoms with van der Waals surface area (Å²) in [6, 6.07) is 0.118. The zero-order valence-electron chi connectivity index (χ0n) is 6.24. The third kappa shape index (κ3) is 1.37. The molecule has 0 spiro atoms. The van der Waals surface area contributed by atoms with E-state index in [4.69, 9.17) is 5.21 Å². The van der Waals surface area contributed by atoms with Gasteiger partial charge in [0, 0.05) is 0 Å². The predicted octanol–water partition coefficient (Wildman–Crippen LogP) is 0.811. The second-order valence-corrected chi connectivity index (χ2v) is 3.53. The van der Waals surface area contributed by atoms with Gasteiger partial charge < -0.3 is 5.32 Å². The first-order valence-electron chi connectivity index (χ1n) is 3.59. The maximum Gasteiger partial charge on any atom is 0.0882 e. The van der Waals surface area contributed by atoms with Gasteiger partial charge in [-0.1, -0.05) is 6.08 Å². The van der Waals surface area contributed by atoms with Gasteiger partial charge in [-0.25, -0.2) is 0 Å². The molecular formula is C7H8BrN3O. The summed E-state index contributed by atoms with van der Waals surface area (Å²) >= 11 is 3.33. The van der Waals surface area contributed by atoms with Gasteiger partial charge in [-0.15, -0.1) is 0 Å². The molecule has 12 heavy (non-hydrogen) atoms. The number of hydrogen-bond acceptors (Lipinski definition) is 4. The minimum Gasteiger partial charge on any atom is -0.368 e. The number of hydrazone groups is 1. The van der Waals surface area contributed by atoms with Crippen LogP contribution in [0, 0.1) is 0 Å². The number of nitrogens with zero attached hydrogens (tertiary/aromatic N) is 2. The maximum atomic E-state index is 9.05. The summed E-state index contributed by atoms with van der Waals surface area (Å²) in [5, 5.41) is 16.9. The second-order valence-electron chi connectivity index (χ2n) is 2.67. The molecule has 1 unspecified atom stereocenters. The number of allylic oxidation sites excluding steroid dienone is 2. The Kier molecular flexibility index (Phi) is 1.90. The SMILES string of the molecule is ON1CC2=CC=C(Br)NC2C=N1. The molecule has 0 aromatic carbocycles. The van der Waals surface area contributed by atoms with Gasteiger partial charge in [0.1, 0.15) is 0 Å². The number of hydrogen-bond donors (Lipinski definition) is 2. The molecule has 0 amide bonds. The van der Waals surface area contributed by atoms with Gasteiger partial charge in [0.05, 0.1) is 23.4 Å². The zero-order chi connectivity index (χ0) is 8.55. The highest BCUT2D eigenvalue weighted by atomic mass is 79.9. The van der Waals surface area contributed by atoms with Crippen LogP contribution in [0.3, 0.4) is 0 Å². The zero-order valence-corrected chi connectivity index (χ0v) is 7.82. The van der Waals surface area contributed by atoms with Crippen LogP contribution in [0.25, 0.3) is 0 Å². The number of hydroxylamine groups is 1. The van der Waals surface area contributed by atoms with E-state index in [0.717, 1.165) is 15.4 Å². The van der Waals surface area contributed by atoms with Crippen molar-refractivity contribution in [2.24, 2.45) is 5.10 Å². The fraction of sp³-hybridized carbons (Fsp3) is 0.286. The molecule has 2 aliphatic rings. The van der Waals surface area contributed by atoms with E-state index >= 15 is 0 Å². The second kappa shape index (κ2) is 2.91. The van der Waals surface area contributed by atoms with Crippen LogP contribution < -0.4 is 5.32 Å². The lowest BCUT2D eigenvalue weighted by Crippen LogP contribution is -2.40. The minimum atomic E-state index is 0.118. The highest BCUT2D eigenvalue weighted by Crippen LogP contribution is 2.17. The number of rotatable bonds is 0. The van der Waals surface area contributed by atoms with Crippen LogP contribution >= 0.6 is 15.9 Å². The smallest absolute Gasteiger partial charge is 0.0882 e. The Bertz CT molecular complexity index is 284. The van der Waals surface area contributed by atoms with E-state index in [1.807, 2.05) is 12.2 Å². The Morgan fingerprint density at radius 1 is 1.67 bits per heavy atom. The molecule has 2 aliphatic heterocycles. The van der Waals surface area contributed by atoms with Crippen molar-refractivity contribution in [3.63, 3.8) is 0 Å². The third-order valence-corrected chi connectivity index (χ3v) is 2.30. The monoisotopic (exact) mass is 229 g/mol. The van der Waals surface area contributed by atoms with E-state index in [1.165, 1.54) is 0 Å². The van der Waals surface area contributed by atoms with Crippen LogP contribution in [0.1, 0.15) is 0 Å². The van der Waals surface area contributed by atoms with Gasteiger partial charge in [-0.3, -0.25) is 5.21 Å². The molecule has 0 bridgehead atoms. The Morgan fingerprint density at radius 3 is 3.33 bits per heavy atom. The van der Waals surface area contributed by atoms with Crippen molar-refractivity contribution >= 4 is 22.1 Å².